The van der Waals surface area contributed by atoms with Crippen LogP contribution in [0.3, 0.4) is 0 Å². The molecule has 0 unspecified atom stereocenters. The zero-order valence-corrected chi connectivity index (χ0v) is 21.9. The van der Waals surface area contributed by atoms with Gasteiger partial charge in [0.25, 0.3) is 0 Å². The summed E-state index contributed by atoms with van der Waals surface area (Å²) in [6.45, 7) is 11.0. The van der Waals surface area contributed by atoms with Gasteiger partial charge >= 0.3 is 0 Å². The Kier molecular flexibility index (Phi) is 11.4. The summed E-state index contributed by atoms with van der Waals surface area (Å²) in [6, 6.07) is 12.8. The lowest BCUT2D eigenvalue weighted by Gasteiger charge is -2.31. The Morgan fingerprint density at radius 2 is 1.66 bits per heavy atom. The Balaban J connectivity index is 2.25. The van der Waals surface area contributed by atoms with Gasteiger partial charge in [-0.05, 0) is 75.9 Å². The van der Waals surface area contributed by atoms with Crippen LogP contribution in [0.4, 0.5) is 0 Å². The molecule has 0 radical (unpaired) electrons. The summed E-state index contributed by atoms with van der Waals surface area (Å²) < 4.78 is 16.7. The number of carbonyl (C=O) groups excluding carboxylic acids is 2. The molecule has 0 aliphatic heterocycles. The quantitative estimate of drug-likeness (QED) is 0.418. The molecule has 1 N–H and O–H groups in total. The number of ether oxygens (including phenoxy) is 3. The maximum absolute atomic E-state index is 13.5. The number of rotatable bonds is 14. The summed E-state index contributed by atoms with van der Waals surface area (Å²) in [7, 11) is 1.61. The van der Waals surface area contributed by atoms with Gasteiger partial charge in [-0.3, -0.25) is 9.59 Å². The Bertz CT molecular complexity index is 960. The predicted octanol–water partition coefficient (Wildman–Crippen LogP) is 4.76. The van der Waals surface area contributed by atoms with Crippen molar-refractivity contribution in [2.24, 2.45) is 0 Å². The van der Waals surface area contributed by atoms with Crippen molar-refractivity contribution in [3.05, 3.63) is 53.6 Å². The molecule has 7 nitrogen and oxygen atoms in total. The van der Waals surface area contributed by atoms with E-state index in [0.717, 1.165) is 11.1 Å². The van der Waals surface area contributed by atoms with Crippen LogP contribution in [0.2, 0.25) is 0 Å². The van der Waals surface area contributed by atoms with E-state index in [2.05, 4.69) is 5.32 Å². The van der Waals surface area contributed by atoms with Gasteiger partial charge in [0.15, 0.2) is 11.5 Å². The van der Waals surface area contributed by atoms with E-state index in [4.69, 9.17) is 14.2 Å². The highest BCUT2D eigenvalue weighted by atomic mass is 16.5. The lowest BCUT2D eigenvalue weighted by Crippen LogP contribution is -2.50. The fraction of sp³-hybridized carbons (Fsp3) is 0.500. The van der Waals surface area contributed by atoms with E-state index >= 15 is 0 Å². The number of nitrogens with zero attached hydrogens (tertiary/aromatic N) is 1. The van der Waals surface area contributed by atoms with E-state index in [-0.39, 0.29) is 24.3 Å². The van der Waals surface area contributed by atoms with E-state index in [9.17, 15) is 9.59 Å². The summed E-state index contributed by atoms with van der Waals surface area (Å²) >= 11 is 0. The van der Waals surface area contributed by atoms with Crippen molar-refractivity contribution < 1.29 is 23.8 Å². The van der Waals surface area contributed by atoms with Gasteiger partial charge in [-0.1, -0.05) is 25.1 Å². The maximum atomic E-state index is 13.5. The zero-order chi connectivity index (χ0) is 25.8. The van der Waals surface area contributed by atoms with Gasteiger partial charge in [0.1, 0.15) is 11.8 Å². The molecule has 1 atom stereocenters. The highest BCUT2D eigenvalue weighted by molar-refractivity contribution is 5.87. The second kappa shape index (κ2) is 14.2. The number of hydrogen-bond acceptors (Lipinski definition) is 5. The van der Waals surface area contributed by atoms with Crippen LogP contribution in [0.5, 0.6) is 17.2 Å². The predicted molar refractivity (Wildman–Crippen MR) is 138 cm³/mol. The number of nitrogens with one attached hydrogen (secondary N) is 1. The number of benzene rings is 2. The van der Waals surface area contributed by atoms with E-state index in [0.29, 0.717) is 49.8 Å². The monoisotopic (exact) mass is 484 g/mol. The first-order valence-electron chi connectivity index (χ1n) is 12.4. The third-order valence-corrected chi connectivity index (χ3v) is 5.54. The second-order valence-corrected chi connectivity index (χ2v) is 8.61. The molecule has 0 aliphatic rings. The van der Waals surface area contributed by atoms with Gasteiger partial charge in [0.05, 0.1) is 20.3 Å². The van der Waals surface area contributed by atoms with Crippen molar-refractivity contribution in [3.8, 4) is 17.2 Å². The van der Waals surface area contributed by atoms with Gasteiger partial charge < -0.3 is 24.4 Å². The molecule has 0 aromatic heterocycles. The molecule has 0 fully saturated rings. The number of carbonyl (C=O) groups is 2. The van der Waals surface area contributed by atoms with E-state index in [1.165, 1.54) is 0 Å². The molecule has 0 heterocycles. The number of hydrogen-bond donors (Lipinski definition) is 1. The molecule has 35 heavy (non-hydrogen) atoms. The average Bonchev–Trinajstić information content (AvgIpc) is 2.83. The first-order valence-corrected chi connectivity index (χ1v) is 12.4. The van der Waals surface area contributed by atoms with Crippen molar-refractivity contribution in [1.29, 1.82) is 0 Å². The van der Waals surface area contributed by atoms with Crippen LogP contribution in [-0.2, 0) is 22.6 Å². The van der Waals surface area contributed by atoms with Gasteiger partial charge in [0.2, 0.25) is 11.8 Å². The topological polar surface area (TPSA) is 77.1 Å². The molecule has 192 valence electrons. The SMILES string of the molecule is CCOc1ccc(CCC(=O)N(Cc2cccc(OC)c2)[C@@H](CC)C(=O)NC(C)C)cc1OCC. The first-order chi connectivity index (χ1) is 16.8. The lowest BCUT2D eigenvalue weighted by atomic mass is 10.1. The van der Waals surface area contributed by atoms with Crippen molar-refractivity contribution in [1.82, 2.24) is 10.2 Å². The largest absolute Gasteiger partial charge is 0.497 e. The second-order valence-electron chi connectivity index (χ2n) is 8.61. The maximum Gasteiger partial charge on any atom is 0.243 e. The highest BCUT2D eigenvalue weighted by Crippen LogP contribution is 2.29. The Morgan fingerprint density at radius 3 is 2.29 bits per heavy atom. The standard InChI is InChI=1S/C28H40N2O5/c1-7-24(28(32)29-20(4)5)30(19-22-11-10-12-23(17-22)33-6)27(31)16-14-21-13-15-25(34-8-2)26(18-21)35-9-3/h10-13,15,17-18,20,24H,7-9,14,16,19H2,1-6H3,(H,29,32)/t24-/m0/s1. The van der Waals surface area contributed by atoms with Crippen LogP contribution < -0.4 is 19.5 Å². The van der Waals surface area contributed by atoms with Crippen LogP contribution in [-0.4, -0.2) is 49.1 Å². The molecule has 2 aromatic rings. The number of methoxy groups -OCH3 is 1. The fourth-order valence-electron chi connectivity index (χ4n) is 3.91. The van der Waals surface area contributed by atoms with E-state index in [1.54, 1.807) is 12.0 Å². The molecular weight excluding hydrogens is 444 g/mol. The van der Waals surface area contributed by atoms with Crippen molar-refractivity contribution in [2.75, 3.05) is 20.3 Å². The van der Waals surface area contributed by atoms with Gasteiger partial charge in [-0.2, -0.15) is 0 Å². The fourth-order valence-corrected chi connectivity index (χ4v) is 3.91. The average molecular weight is 485 g/mol. The van der Waals surface area contributed by atoms with Gasteiger partial charge in [0, 0.05) is 19.0 Å². The molecule has 7 heteroatoms. The molecule has 0 bridgehead atoms. The van der Waals surface area contributed by atoms with E-state index < -0.39 is 6.04 Å². The summed E-state index contributed by atoms with van der Waals surface area (Å²) in [4.78, 5) is 28.2. The zero-order valence-electron chi connectivity index (χ0n) is 21.9. The van der Waals surface area contributed by atoms with E-state index in [1.807, 2.05) is 77.1 Å². The molecule has 0 saturated heterocycles. The number of amides is 2. The molecular formula is C28H40N2O5. The summed E-state index contributed by atoms with van der Waals surface area (Å²) in [5.74, 6) is 1.87. The van der Waals surface area contributed by atoms with Crippen molar-refractivity contribution in [3.63, 3.8) is 0 Å². The minimum Gasteiger partial charge on any atom is -0.497 e. The Morgan fingerprint density at radius 1 is 0.943 bits per heavy atom. The van der Waals surface area contributed by atoms with Crippen molar-refractivity contribution in [2.45, 2.75) is 72.5 Å². The lowest BCUT2D eigenvalue weighted by molar-refractivity contribution is -0.141. The van der Waals surface area contributed by atoms with Crippen LogP contribution in [0.25, 0.3) is 0 Å². The Hall–Kier alpha value is -3.22. The number of aryl methyl sites for hydroxylation is 1. The van der Waals surface area contributed by atoms with Gasteiger partial charge in [-0.15, -0.1) is 0 Å². The van der Waals surface area contributed by atoms with Gasteiger partial charge in [-0.25, -0.2) is 0 Å². The molecule has 2 aromatic carbocycles. The normalized spacial score (nSPS) is 11.6. The molecule has 0 saturated carbocycles. The summed E-state index contributed by atoms with van der Waals surface area (Å²) in [5, 5.41) is 2.96. The van der Waals surface area contributed by atoms with Crippen LogP contribution in [0, 0.1) is 0 Å². The van der Waals surface area contributed by atoms with Crippen molar-refractivity contribution >= 4 is 11.8 Å². The summed E-state index contributed by atoms with van der Waals surface area (Å²) in [5.41, 5.74) is 1.89. The highest BCUT2D eigenvalue weighted by Gasteiger charge is 2.29. The third kappa shape index (κ3) is 8.50. The minimum atomic E-state index is -0.560. The molecule has 0 spiro atoms. The third-order valence-electron chi connectivity index (χ3n) is 5.54. The van der Waals surface area contributed by atoms with Crippen LogP contribution in [0.1, 0.15) is 58.6 Å². The van der Waals surface area contributed by atoms with Crippen LogP contribution >= 0.6 is 0 Å². The smallest absolute Gasteiger partial charge is 0.243 e. The Labute approximate surface area is 209 Å². The molecule has 2 rings (SSSR count). The molecule has 2 amide bonds. The first kappa shape index (κ1) is 28.0. The summed E-state index contributed by atoms with van der Waals surface area (Å²) in [6.07, 6.45) is 1.32. The van der Waals surface area contributed by atoms with Crippen LogP contribution in [0.15, 0.2) is 42.5 Å². The minimum absolute atomic E-state index is 0.00818. The molecule has 0 aliphatic carbocycles.